The van der Waals surface area contributed by atoms with E-state index in [-0.39, 0.29) is 5.92 Å². The first kappa shape index (κ1) is 14.1. The van der Waals surface area contributed by atoms with Crippen molar-refractivity contribution in [1.82, 2.24) is 0 Å². The third kappa shape index (κ3) is 3.48. The molecule has 1 aromatic rings. The molecule has 1 rings (SSSR count). The number of hydrogen-bond donors (Lipinski definition) is 1. The Morgan fingerprint density at radius 2 is 1.88 bits per heavy atom. The molecule has 0 aliphatic carbocycles. The third-order valence-electron chi connectivity index (χ3n) is 2.61. The molecule has 2 atom stereocenters. The van der Waals surface area contributed by atoms with Gasteiger partial charge >= 0.3 is 0 Å². The first-order valence-corrected chi connectivity index (χ1v) is 5.72. The highest BCUT2D eigenvalue weighted by molar-refractivity contribution is 5.21. The monoisotopic (exact) mass is 244 g/mol. The smallest absolute Gasteiger partial charge is 0.159 e. The lowest BCUT2D eigenvalue weighted by molar-refractivity contribution is -0.0586. The van der Waals surface area contributed by atoms with Crippen molar-refractivity contribution in [3.05, 3.63) is 35.4 Å². The summed E-state index contributed by atoms with van der Waals surface area (Å²) in [6.07, 6.45) is -1.38. The van der Waals surface area contributed by atoms with E-state index in [1.807, 2.05) is 20.8 Å². The molecule has 96 valence electrons. The molecule has 0 spiro atoms. The standard InChI is InChI=1S/C13H18F2O2/c1-4-17-13(8(2)3)12(16)9-5-6-10(14)11(15)7-9/h5-8,12-13,16H,4H2,1-3H3. The van der Waals surface area contributed by atoms with Gasteiger partial charge in [-0.15, -0.1) is 0 Å². The number of benzene rings is 1. The molecule has 1 N–H and O–H groups in total. The zero-order valence-electron chi connectivity index (χ0n) is 10.3. The van der Waals surface area contributed by atoms with Crippen LogP contribution in [0.15, 0.2) is 18.2 Å². The molecule has 0 aliphatic rings. The molecule has 1 aromatic carbocycles. The summed E-state index contributed by atoms with van der Waals surface area (Å²) in [6, 6.07) is 3.39. The van der Waals surface area contributed by atoms with E-state index >= 15 is 0 Å². The average Bonchev–Trinajstić information content (AvgIpc) is 2.28. The van der Waals surface area contributed by atoms with Gasteiger partial charge in [-0.25, -0.2) is 8.78 Å². The number of halogens is 2. The van der Waals surface area contributed by atoms with Gasteiger partial charge < -0.3 is 9.84 Å². The molecule has 0 heterocycles. The summed E-state index contributed by atoms with van der Waals surface area (Å²) in [6.45, 7) is 6.10. The topological polar surface area (TPSA) is 29.5 Å². The fourth-order valence-electron chi connectivity index (χ4n) is 1.73. The summed E-state index contributed by atoms with van der Waals surface area (Å²) in [4.78, 5) is 0. The molecule has 0 bridgehead atoms. The van der Waals surface area contributed by atoms with E-state index in [0.29, 0.717) is 12.2 Å². The quantitative estimate of drug-likeness (QED) is 0.862. The van der Waals surface area contributed by atoms with E-state index in [1.165, 1.54) is 6.07 Å². The first-order chi connectivity index (χ1) is 7.97. The molecule has 2 unspecified atom stereocenters. The van der Waals surface area contributed by atoms with Crippen molar-refractivity contribution in [3.63, 3.8) is 0 Å². The van der Waals surface area contributed by atoms with Gasteiger partial charge in [0.25, 0.3) is 0 Å². The van der Waals surface area contributed by atoms with Gasteiger partial charge in [-0.3, -0.25) is 0 Å². The number of hydrogen-bond acceptors (Lipinski definition) is 2. The van der Waals surface area contributed by atoms with Gasteiger partial charge in [0.2, 0.25) is 0 Å². The zero-order valence-corrected chi connectivity index (χ0v) is 10.3. The molecule has 0 saturated heterocycles. The van der Waals surface area contributed by atoms with Crippen LogP contribution < -0.4 is 0 Å². The van der Waals surface area contributed by atoms with E-state index in [9.17, 15) is 13.9 Å². The predicted octanol–water partition coefficient (Wildman–Crippen LogP) is 3.06. The van der Waals surface area contributed by atoms with Crippen molar-refractivity contribution in [2.45, 2.75) is 33.0 Å². The van der Waals surface area contributed by atoms with Crippen LogP contribution >= 0.6 is 0 Å². The molecule has 0 aromatic heterocycles. The van der Waals surface area contributed by atoms with E-state index < -0.39 is 23.8 Å². The molecule has 0 aliphatic heterocycles. The molecule has 0 radical (unpaired) electrons. The second kappa shape index (κ2) is 6.07. The van der Waals surface area contributed by atoms with Gasteiger partial charge in [0.1, 0.15) is 6.10 Å². The maximum absolute atomic E-state index is 13.1. The minimum Gasteiger partial charge on any atom is -0.386 e. The minimum atomic E-state index is -0.958. The van der Waals surface area contributed by atoms with Crippen molar-refractivity contribution < 1.29 is 18.6 Å². The Balaban J connectivity index is 2.92. The normalized spacial score (nSPS) is 15.0. The molecule has 0 amide bonds. The highest BCUT2D eigenvalue weighted by atomic mass is 19.2. The van der Waals surface area contributed by atoms with Crippen LogP contribution in [0.4, 0.5) is 8.78 Å². The summed E-state index contributed by atoms with van der Waals surface area (Å²) in [5, 5.41) is 10.1. The molecule has 0 saturated carbocycles. The van der Waals surface area contributed by atoms with Crippen molar-refractivity contribution in [2.24, 2.45) is 5.92 Å². The summed E-state index contributed by atoms with van der Waals surface area (Å²) in [5.74, 6) is -1.79. The lowest BCUT2D eigenvalue weighted by atomic mass is 9.96. The van der Waals surface area contributed by atoms with Crippen molar-refractivity contribution in [2.75, 3.05) is 6.61 Å². The van der Waals surface area contributed by atoms with Gasteiger partial charge in [0.15, 0.2) is 11.6 Å². The van der Waals surface area contributed by atoms with Crippen LogP contribution in [0.25, 0.3) is 0 Å². The molecule has 4 heteroatoms. The van der Waals surface area contributed by atoms with Crippen LogP contribution in [-0.4, -0.2) is 17.8 Å². The second-order valence-electron chi connectivity index (χ2n) is 4.28. The Labute approximate surface area is 100 Å². The minimum absolute atomic E-state index is 0.0815. The van der Waals surface area contributed by atoms with Crippen LogP contribution in [0, 0.1) is 17.6 Å². The second-order valence-corrected chi connectivity index (χ2v) is 4.28. The van der Waals surface area contributed by atoms with Gasteiger partial charge in [0, 0.05) is 6.61 Å². The maximum Gasteiger partial charge on any atom is 0.159 e. The van der Waals surface area contributed by atoms with E-state index in [0.717, 1.165) is 12.1 Å². The molecular weight excluding hydrogens is 226 g/mol. The Kier molecular flexibility index (Phi) is 5.02. The van der Waals surface area contributed by atoms with E-state index in [4.69, 9.17) is 4.74 Å². The van der Waals surface area contributed by atoms with E-state index in [1.54, 1.807) is 0 Å². The SMILES string of the molecule is CCOC(C(C)C)C(O)c1ccc(F)c(F)c1. The van der Waals surface area contributed by atoms with Crippen LogP contribution in [0.5, 0.6) is 0 Å². The summed E-state index contributed by atoms with van der Waals surface area (Å²) < 4.78 is 31.3. The van der Waals surface area contributed by atoms with Crippen molar-refractivity contribution in [3.8, 4) is 0 Å². The van der Waals surface area contributed by atoms with Crippen LogP contribution in [0.2, 0.25) is 0 Å². The Bertz CT molecular complexity index is 366. The van der Waals surface area contributed by atoms with Crippen LogP contribution in [0.3, 0.4) is 0 Å². The predicted molar refractivity (Wildman–Crippen MR) is 61.6 cm³/mol. The summed E-state index contributed by atoms with van der Waals surface area (Å²) in [5.41, 5.74) is 0.330. The fourth-order valence-corrected chi connectivity index (χ4v) is 1.73. The highest BCUT2D eigenvalue weighted by Crippen LogP contribution is 2.25. The largest absolute Gasteiger partial charge is 0.386 e. The molecule has 17 heavy (non-hydrogen) atoms. The van der Waals surface area contributed by atoms with Gasteiger partial charge in [0.05, 0.1) is 6.10 Å². The molecule has 2 nitrogen and oxygen atoms in total. The number of aliphatic hydroxyl groups excluding tert-OH is 1. The fraction of sp³-hybridized carbons (Fsp3) is 0.538. The van der Waals surface area contributed by atoms with Crippen molar-refractivity contribution >= 4 is 0 Å². The summed E-state index contributed by atoms with van der Waals surface area (Å²) >= 11 is 0. The van der Waals surface area contributed by atoms with Crippen molar-refractivity contribution in [1.29, 1.82) is 0 Å². The van der Waals surface area contributed by atoms with Gasteiger partial charge in [-0.2, -0.15) is 0 Å². The third-order valence-corrected chi connectivity index (χ3v) is 2.61. The Hall–Kier alpha value is -1.00. The molecule has 0 fully saturated rings. The maximum atomic E-state index is 13.1. The Morgan fingerprint density at radius 1 is 1.24 bits per heavy atom. The first-order valence-electron chi connectivity index (χ1n) is 5.72. The Morgan fingerprint density at radius 3 is 2.35 bits per heavy atom. The highest BCUT2D eigenvalue weighted by Gasteiger charge is 2.25. The van der Waals surface area contributed by atoms with Gasteiger partial charge in [-0.05, 0) is 30.5 Å². The number of aliphatic hydroxyl groups is 1. The van der Waals surface area contributed by atoms with Crippen LogP contribution in [0.1, 0.15) is 32.4 Å². The zero-order chi connectivity index (χ0) is 13.0. The lowest BCUT2D eigenvalue weighted by Crippen LogP contribution is -2.28. The molecular formula is C13H18F2O2. The van der Waals surface area contributed by atoms with E-state index in [2.05, 4.69) is 0 Å². The number of rotatable bonds is 5. The summed E-state index contributed by atoms with van der Waals surface area (Å²) in [7, 11) is 0. The van der Waals surface area contributed by atoms with Gasteiger partial charge in [-0.1, -0.05) is 19.9 Å². The number of ether oxygens (including phenoxy) is 1. The van der Waals surface area contributed by atoms with Crippen LogP contribution in [-0.2, 0) is 4.74 Å². The average molecular weight is 244 g/mol. The lowest BCUT2D eigenvalue weighted by Gasteiger charge is -2.26.